The summed E-state index contributed by atoms with van der Waals surface area (Å²) in [5.41, 5.74) is 2.20. The van der Waals surface area contributed by atoms with Crippen molar-refractivity contribution in [3.63, 3.8) is 0 Å². The third-order valence-electron chi connectivity index (χ3n) is 8.01. The van der Waals surface area contributed by atoms with Gasteiger partial charge in [0, 0.05) is 37.1 Å². The molecule has 0 aromatic heterocycles. The Hall–Kier alpha value is -4.41. The van der Waals surface area contributed by atoms with E-state index < -0.39 is 35.0 Å². The number of nitrogens with zero attached hydrogens (tertiary/aromatic N) is 2. The number of methoxy groups -OCH3 is 1. The minimum Gasteiger partial charge on any atom is -0.507 e. The number of aromatic hydroxyl groups is 1. The van der Waals surface area contributed by atoms with Crippen molar-refractivity contribution >= 4 is 35.8 Å². The largest absolute Gasteiger partial charge is 0.507 e. The molecule has 0 bridgehead atoms. The molecule has 0 unspecified atom stereocenters. The number of β-lactam (4-membered cyclic amide) rings is 1. The number of thioether (sulfide) groups is 1. The van der Waals surface area contributed by atoms with E-state index in [0.29, 0.717) is 16.7 Å². The normalized spacial score (nSPS) is 19.7. The number of carbonyl (C=O) groups excluding carboxylic acids is 3. The molecule has 0 radical (unpaired) electrons. The van der Waals surface area contributed by atoms with E-state index in [1.165, 1.54) is 30.7 Å². The lowest BCUT2D eigenvalue weighted by Crippen LogP contribution is -2.73. The fourth-order valence-corrected chi connectivity index (χ4v) is 7.00. The topological polar surface area (TPSA) is 115 Å². The van der Waals surface area contributed by atoms with Crippen LogP contribution in [0.25, 0.3) is 0 Å². The van der Waals surface area contributed by atoms with Crippen LogP contribution >= 0.6 is 11.8 Å². The molecule has 3 aromatic rings. The molecule has 1 saturated heterocycles. The highest BCUT2D eigenvalue weighted by molar-refractivity contribution is 8.00. The van der Waals surface area contributed by atoms with E-state index >= 15 is 0 Å². The van der Waals surface area contributed by atoms with Crippen LogP contribution in [0.15, 0.2) is 89.1 Å². The molecule has 1 fully saturated rings. The first-order chi connectivity index (χ1) is 21.9. The molecule has 0 spiro atoms. The summed E-state index contributed by atoms with van der Waals surface area (Å²) in [6, 6.07) is 22.3. The van der Waals surface area contributed by atoms with Crippen LogP contribution < -0.4 is 0 Å². The predicted octanol–water partition coefficient (Wildman–Crippen LogP) is 5.82. The van der Waals surface area contributed by atoms with Crippen molar-refractivity contribution in [2.24, 2.45) is 4.99 Å². The van der Waals surface area contributed by atoms with Gasteiger partial charge in [-0.15, -0.1) is 11.8 Å². The molecule has 1 N–H and O–H groups in total. The van der Waals surface area contributed by atoms with Gasteiger partial charge in [-0.2, -0.15) is 0 Å². The molecule has 1 amide bonds. The number of carbonyl (C=O) groups is 3. The zero-order valence-electron chi connectivity index (χ0n) is 26.8. The van der Waals surface area contributed by atoms with Gasteiger partial charge in [0.1, 0.15) is 23.4 Å². The van der Waals surface area contributed by atoms with Gasteiger partial charge in [-0.25, -0.2) is 9.79 Å². The third-order valence-corrected chi connectivity index (χ3v) is 9.37. The Kier molecular flexibility index (Phi) is 9.42. The van der Waals surface area contributed by atoms with E-state index in [2.05, 4.69) is 4.99 Å². The van der Waals surface area contributed by atoms with Crippen LogP contribution in [0.1, 0.15) is 61.6 Å². The van der Waals surface area contributed by atoms with Crippen molar-refractivity contribution in [2.45, 2.75) is 57.2 Å². The summed E-state index contributed by atoms with van der Waals surface area (Å²) in [5.74, 6) is -1.28. The molecule has 2 heterocycles. The molecule has 240 valence electrons. The average Bonchev–Trinajstić information content (AvgIpc) is 3.04. The number of phenols is 1. The average molecular weight is 643 g/mol. The van der Waals surface area contributed by atoms with Crippen LogP contribution in [0.4, 0.5) is 0 Å². The van der Waals surface area contributed by atoms with E-state index in [-0.39, 0.29) is 29.2 Å². The highest BCUT2D eigenvalue weighted by Gasteiger charge is 2.66. The number of esters is 2. The summed E-state index contributed by atoms with van der Waals surface area (Å²) in [5, 5.41) is 9.98. The summed E-state index contributed by atoms with van der Waals surface area (Å²) in [4.78, 5) is 45.9. The van der Waals surface area contributed by atoms with E-state index in [9.17, 15) is 19.5 Å². The molecule has 3 aromatic carbocycles. The number of phenolic OH excluding ortho intramolecular Hbond substituents is 1. The quantitative estimate of drug-likeness (QED) is 0.176. The van der Waals surface area contributed by atoms with E-state index in [0.717, 1.165) is 16.7 Å². The Morgan fingerprint density at radius 3 is 2.24 bits per heavy atom. The highest BCUT2D eigenvalue weighted by Crippen LogP contribution is 2.49. The summed E-state index contributed by atoms with van der Waals surface area (Å²) in [6.45, 7) is 8.94. The van der Waals surface area contributed by atoms with Crippen LogP contribution in [-0.2, 0) is 34.0 Å². The summed E-state index contributed by atoms with van der Waals surface area (Å²) < 4.78 is 17.2. The van der Waals surface area contributed by atoms with Crippen LogP contribution in [-0.4, -0.2) is 64.6 Å². The first kappa shape index (κ1) is 33.0. The second-order valence-electron chi connectivity index (χ2n) is 12.3. The van der Waals surface area contributed by atoms with Crippen LogP contribution in [0.3, 0.4) is 0 Å². The molecular weight excluding hydrogens is 604 g/mol. The number of ether oxygens (including phenoxy) is 3. The van der Waals surface area contributed by atoms with Gasteiger partial charge in [0.15, 0.2) is 6.10 Å². The maximum atomic E-state index is 14.1. The van der Waals surface area contributed by atoms with Gasteiger partial charge in [0.2, 0.25) is 0 Å². The van der Waals surface area contributed by atoms with Crippen molar-refractivity contribution in [1.82, 2.24) is 4.90 Å². The lowest BCUT2D eigenvalue weighted by molar-refractivity contribution is -0.183. The Morgan fingerprint density at radius 2 is 1.70 bits per heavy atom. The maximum absolute atomic E-state index is 14.1. The van der Waals surface area contributed by atoms with Crippen LogP contribution in [0.5, 0.6) is 5.75 Å². The monoisotopic (exact) mass is 642 g/mol. The molecular formula is C36H38N2O7S. The van der Waals surface area contributed by atoms with E-state index in [4.69, 9.17) is 14.2 Å². The molecule has 0 aliphatic carbocycles. The van der Waals surface area contributed by atoms with Crippen LogP contribution in [0, 0.1) is 6.92 Å². The smallest absolute Gasteiger partial charge is 0.356 e. The lowest BCUT2D eigenvalue weighted by atomic mass is 9.84. The minimum atomic E-state index is -1.60. The zero-order valence-corrected chi connectivity index (χ0v) is 27.6. The van der Waals surface area contributed by atoms with Gasteiger partial charge in [0.05, 0.1) is 0 Å². The van der Waals surface area contributed by atoms with Crippen molar-refractivity contribution in [1.29, 1.82) is 0 Å². The first-order valence-corrected chi connectivity index (χ1v) is 16.0. The summed E-state index contributed by atoms with van der Waals surface area (Å²) in [7, 11) is 1.41. The number of hydrogen-bond donors (Lipinski definition) is 1. The maximum Gasteiger partial charge on any atom is 0.356 e. The van der Waals surface area contributed by atoms with Gasteiger partial charge >= 0.3 is 11.9 Å². The molecule has 5 rings (SSSR count). The number of rotatable bonds is 9. The van der Waals surface area contributed by atoms with Gasteiger partial charge < -0.3 is 19.3 Å². The second-order valence-corrected chi connectivity index (χ2v) is 13.4. The molecule has 9 nitrogen and oxygen atoms in total. The van der Waals surface area contributed by atoms with Gasteiger partial charge in [-0.1, -0.05) is 81.4 Å². The highest BCUT2D eigenvalue weighted by atomic mass is 32.2. The van der Waals surface area contributed by atoms with Gasteiger partial charge in [0.25, 0.3) is 11.6 Å². The Morgan fingerprint density at radius 1 is 1.09 bits per heavy atom. The molecule has 2 aliphatic rings. The van der Waals surface area contributed by atoms with Crippen molar-refractivity contribution < 1.29 is 33.7 Å². The zero-order chi connectivity index (χ0) is 33.2. The lowest BCUT2D eigenvalue weighted by Gasteiger charge is -2.54. The SMILES string of the molecule is CO[C@@]1(/N=C/c2cc(C)c(O)c(C(C)(C)C)c2)C(=O)N2C(C(=O)OC(c3ccccc3)c3ccccc3)=C(COC(C)=O)CS[C@@H]21. The Labute approximate surface area is 273 Å². The van der Waals surface area contributed by atoms with Crippen molar-refractivity contribution in [2.75, 3.05) is 19.5 Å². The number of aryl methyl sites for hydroxylation is 1. The summed E-state index contributed by atoms with van der Waals surface area (Å²) >= 11 is 1.36. The van der Waals surface area contributed by atoms with Crippen molar-refractivity contribution in [3.8, 4) is 5.75 Å². The predicted molar refractivity (Wildman–Crippen MR) is 176 cm³/mol. The van der Waals surface area contributed by atoms with E-state index in [1.807, 2.05) is 94.4 Å². The molecule has 10 heteroatoms. The second kappa shape index (κ2) is 13.1. The number of amides is 1. The molecule has 46 heavy (non-hydrogen) atoms. The summed E-state index contributed by atoms with van der Waals surface area (Å²) in [6.07, 6.45) is 0.819. The van der Waals surface area contributed by atoms with Gasteiger partial charge in [-0.3, -0.25) is 14.5 Å². The molecule has 0 saturated carbocycles. The minimum absolute atomic E-state index is 0.0187. The fraction of sp³-hybridized carbons (Fsp3) is 0.333. The van der Waals surface area contributed by atoms with Crippen molar-refractivity contribution in [3.05, 3.63) is 112 Å². The first-order valence-electron chi connectivity index (χ1n) is 14.9. The number of aliphatic imine (C=N–C) groups is 1. The van der Waals surface area contributed by atoms with Crippen LogP contribution in [0.2, 0.25) is 0 Å². The Bertz CT molecular complexity index is 1660. The standard InChI is InChI=1S/C36H38N2O7S/c1-22-17-24(18-28(30(22)40)35(3,4)5)19-37-36(43-6)33(42)38-29(27(20-44-23(2)39)21-46-34(36)38)32(41)45-31(25-13-9-7-10-14-25)26-15-11-8-12-16-26/h7-19,31,34,40H,20-21H2,1-6H3/b37-19+/t34-,36+/m1/s1. The Balaban J connectivity index is 1.50. The number of fused-ring (bicyclic) bond motifs is 1. The molecule has 2 aliphatic heterocycles. The third kappa shape index (κ3) is 6.32. The molecule has 2 atom stereocenters. The number of benzene rings is 3. The number of hydrogen-bond acceptors (Lipinski definition) is 9. The van der Waals surface area contributed by atoms with Gasteiger partial charge in [-0.05, 0) is 46.7 Å². The fourth-order valence-electron chi connectivity index (χ4n) is 5.59. The van der Waals surface area contributed by atoms with E-state index in [1.54, 1.807) is 12.3 Å².